The Morgan fingerprint density at radius 3 is 2.15 bits per heavy atom. The largest absolute Gasteiger partial charge is 1.00 e. The van der Waals surface area contributed by atoms with E-state index in [9.17, 15) is 0 Å². The van der Waals surface area contributed by atoms with Gasteiger partial charge < -0.3 is 24.8 Å². The zero-order chi connectivity index (χ0) is 8.48. The minimum absolute atomic E-state index is 0. The van der Waals surface area contributed by atoms with Crippen molar-refractivity contribution in [3.05, 3.63) is 21.8 Å². The fourth-order valence-corrected chi connectivity index (χ4v) is 1.30. The molecule has 1 nitrogen and oxygen atoms in total. The number of ether oxygens (including phenoxy) is 1. The average molecular weight is 256 g/mol. The Labute approximate surface area is 104 Å². The van der Waals surface area contributed by atoms with Gasteiger partial charge in [-0.05, 0) is 0 Å². The van der Waals surface area contributed by atoms with Gasteiger partial charge in [-0.15, -0.1) is 0 Å². The predicted molar refractivity (Wildman–Crippen MR) is 41.6 cm³/mol. The molecule has 0 N–H and O–H groups in total. The van der Waals surface area contributed by atoms with Crippen molar-refractivity contribution >= 4 is 0 Å². The van der Waals surface area contributed by atoms with Gasteiger partial charge in [0.25, 0.3) is 0 Å². The fourth-order valence-electron chi connectivity index (χ4n) is 0.910. The van der Waals surface area contributed by atoms with E-state index in [2.05, 4.69) is 53.4 Å². The van der Waals surface area contributed by atoms with Crippen LogP contribution in [0.4, 0.5) is 0 Å². The fraction of sp³-hybridized carbons (Fsp3) is 0.556. The van der Waals surface area contributed by atoms with Crippen molar-refractivity contribution < 1.29 is 50.0 Å². The van der Waals surface area contributed by atoms with Gasteiger partial charge in [0.2, 0.25) is 0 Å². The second kappa shape index (κ2) is 6.13. The molecule has 0 amide bonds. The number of halogens is 2. The second-order valence-electron chi connectivity index (χ2n) is 3.66. The topological polar surface area (TPSA) is 9.23 Å². The Balaban J connectivity index is 0. The molecular formula is C9H13Cl2OTi. The van der Waals surface area contributed by atoms with Gasteiger partial charge in [0.1, 0.15) is 0 Å². The third kappa shape index (κ3) is 5.80. The van der Waals surface area contributed by atoms with Crippen molar-refractivity contribution in [3.63, 3.8) is 0 Å². The van der Waals surface area contributed by atoms with Gasteiger partial charge in [-0.25, -0.2) is 0 Å². The SMILES string of the molecule is CC(C)(C)OC1=[C]([Ti+2])CC=C1.[Cl-].[Cl-]. The molecule has 0 saturated carbocycles. The van der Waals surface area contributed by atoms with Crippen molar-refractivity contribution in [1.82, 2.24) is 0 Å². The van der Waals surface area contributed by atoms with Gasteiger partial charge in [0.15, 0.2) is 0 Å². The molecule has 0 saturated heterocycles. The van der Waals surface area contributed by atoms with Crippen LogP contribution in [0, 0.1) is 0 Å². The Hall–Kier alpha value is 0.574. The quantitative estimate of drug-likeness (QED) is 0.443. The molecule has 0 aromatic heterocycles. The Kier molecular flexibility index (Phi) is 7.56. The first kappa shape index (κ1) is 16.0. The van der Waals surface area contributed by atoms with E-state index in [4.69, 9.17) is 4.74 Å². The number of allylic oxidation sites excluding steroid dienone is 3. The molecule has 0 radical (unpaired) electrons. The summed E-state index contributed by atoms with van der Waals surface area (Å²) in [5, 5.41) is 0. The van der Waals surface area contributed by atoms with E-state index in [1.165, 1.54) is 3.88 Å². The third-order valence-corrected chi connectivity index (χ3v) is 2.01. The summed E-state index contributed by atoms with van der Waals surface area (Å²) in [6, 6.07) is 0. The molecule has 0 atom stereocenters. The van der Waals surface area contributed by atoms with Crippen molar-refractivity contribution in [2.24, 2.45) is 0 Å². The van der Waals surface area contributed by atoms with Crippen LogP contribution in [0.3, 0.4) is 0 Å². The van der Waals surface area contributed by atoms with Crippen LogP contribution < -0.4 is 24.8 Å². The molecule has 4 heteroatoms. The van der Waals surface area contributed by atoms with E-state index >= 15 is 0 Å². The summed E-state index contributed by atoms with van der Waals surface area (Å²) in [6.07, 6.45) is 5.24. The first-order chi connectivity index (χ1) is 4.99. The number of rotatable bonds is 1. The summed E-state index contributed by atoms with van der Waals surface area (Å²) < 4.78 is 7.04. The van der Waals surface area contributed by atoms with Gasteiger partial charge in [0, 0.05) is 0 Å². The van der Waals surface area contributed by atoms with Gasteiger partial charge >= 0.3 is 79.8 Å². The predicted octanol–water partition coefficient (Wildman–Crippen LogP) is -3.47. The monoisotopic (exact) mass is 255 g/mol. The molecule has 0 unspecified atom stereocenters. The normalized spacial score (nSPS) is 15.2. The summed E-state index contributed by atoms with van der Waals surface area (Å²) in [4.78, 5) is 0. The van der Waals surface area contributed by atoms with Crippen LogP contribution in [-0.4, -0.2) is 5.60 Å². The standard InChI is InChI=1S/C9H13O.2ClH.Ti/c1-9(2,3)10-8-6-4-5-7-8;;;/h4,6H,5H2,1-3H3;2*1H;/q;;;+2/p-2. The van der Waals surface area contributed by atoms with Crippen LogP contribution in [0.15, 0.2) is 21.8 Å². The van der Waals surface area contributed by atoms with E-state index in [-0.39, 0.29) is 30.4 Å². The van der Waals surface area contributed by atoms with Crippen LogP contribution >= 0.6 is 0 Å². The first-order valence-electron chi connectivity index (χ1n) is 3.79. The van der Waals surface area contributed by atoms with Crippen LogP contribution in [0.2, 0.25) is 0 Å². The van der Waals surface area contributed by atoms with Gasteiger partial charge in [-0.2, -0.15) is 0 Å². The molecular weight excluding hydrogens is 243 g/mol. The molecule has 0 aromatic rings. The smallest absolute Gasteiger partial charge is 1.00 e. The summed E-state index contributed by atoms with van der Waals surface area (Å²) >= 11 is 2.11. The molecule has 0 fully saturated rings. The Morgan fingerprint density at radius 1 is 1.31 bits per heavy atom. The molecule has 13 heavy (non-hydrogen) atoms. The van der Waals surface area contributed by atoms with E-state index in [0.29, 0.717) is 0 Å². The molecule has 0 aliphatic heterocycles. The Bertz CT molecular complexity index is 216. The number of hydrogen-bond acceptors (Lipinski definition) is 1. The van der Waals surface area contributed by atoms with Crippen molar-refractivity contribution in [2.75, 3.05) is 0 Å². The molecule has 0 aromatic carbocycles. The van der Waals surface area contributed by atoms with Gasteiger partial charge in [0.05, 0.1) is 0 Å². The van der Waals surface area contributed by atoms with Crippen molar-refractivity contribution in [3.8, 4) is 0 Å². The third-order valence-electron chi connectivity index (χ3n) is 1.30. The molecule has 73 valence electrons. The van der Waals surface area contributed by atoms with Crippen LogP contribution in [-0.2, 0) is 25.2 Å². The molecule has 0 bridgehead atoms. The molecule has 1 aliphatic carbocycles. The minimum atomic E-state index is -0.0642. The molecule has 1 rings (SSSR count). The maximum Gasteiger partial charge on any atom is -1.00 e. The average Bonchev–Trinajstić information content (AvgIpc) is 2.12. The van der Waals surface area contributed by atoms with Crippen molar-refractivity contribution in [2.45, 2.75) is 32.8 Å². The molecule has 0 heterocycles. The van der Waals surface area contributed by atoms with Gasteiger partial charge in [-0.3, -0.25) is 0 Å². The number of hydrogen-bond donors (Lipinski definition) is 0. The van der Waals surface area contributed by atoms with Crippen molar-refractivity contribution in [1.29, 1.82) is 0 Å². The van der Waals surface area contributed by atoms with Crippen LogP contribution in [0.5, 0.6) is 0 Å². The second-order valence-corrected chi connectivity index (χ2v) is 4.61. The summed E-state index contributed by atoms with van der Waals surface area (Å²) in [5.41, 5.74) is -0.0642. The van der Waals surface area contributed by atoms with Gasteiger partial charge in [-0.1, -0.05) is 0 Å². The van der Waals surface area contributed by atoms with E-state index in [1.807, 2.05) is 0 Å². The first-order valence-corrected chi connectivity index (χ1v) is 4.57. The minimum Gasteiger partial charge on any atom is -1.00 e. The summed E-state index contributed by atoms with van der Waals surface area (Å²) in [5.74, 6) is 1.05. The van der Waals surface area contributed by atoms with E-state index in [0.717, 1.165) is 12.2 Å². The summed E-state index contributed by atoms with van der Waals surface area (Å²) in [7, 11) is 0. The zero-order valence-corrected chi connectivity index (χ0v) is 11.1. The zero-order valence-electron chi connectivity index (χ0n) is 8.03. The molecule has 1 aliphatic rings. The van der Waals surface area contributed by atoms with E-state index in [1.54, 1.807) is 0 Å². The maximum absolute atomic E-state index is 5.70. The maximum atomic E-state index is 5.70. The van der Waals surface area contributed by atoms with Crippen LogP contribution in [0.1, 0.15) is 27.2 Å². The summed E-state index contributed by atoms with van der Waals surface area (Å²) in [6.45, 7) is 6.21. The van der Waals surface area contributed by atoms with Crippen LogP contribution in [0.25, 0.3) is 0 Å². The van der Waals surface area contributed by atoms with E-state index < -0.39 is 0 Å². The Morgan fingerprint density at radius 2 is 1.85 bits per heavy atom. The molecule has 0 spiro atoms.